The van der Waals surface area contributed by atoms with E-state index in [0.29, 0.717) is 22.0 Å². The average Bonchev–Trinajstić information content (AvgIpc) is 3.34. The fraction of sp³-hybridized carbons (Fsp3) is 0.120. The van der Waals surface area contributed by atoms with E-state index in [1.54, 1.807) is 24.3 Å². The number of nitrogens with one attached hydrogen (secondary N) is 2. The van der Waals surface area contributed by atoms with Gasteiger partial charge in [0.25, 0.3) is 11.8 Å². The van der Waals surface area contributed by atoms with E-state index in [1.165, 1.54) is 24.3 Å². The number of carbonyl (C=O) groups is 2. The number of carbonyl (C=O) groups excluding carboxylic acids is 2. The predicted molar refractivity (Wildman–Crippen MR) is 127 cm³/mol. The summed E-state index contributed by atoms with van der Waals surface area (Å²) in [6.45, 7) is 2.01. The van der Waals surface area contributed by atoms with Gasteiger partial charge in [-0.1, -0.05) is 47.7 Å². The summed E-state index contributed by atoms with van der Waals surface area (Å²) < 4.78 is 18.5. The number of hydrogen-bond acceptors (Lipinski definition) is 6. The predicted octanol–water partition coefficient (Wildman–Crippen LogP) is 5.00. The van der Waals surface area contributed by atoms with Crippen LogP contribution in [0, 0.1) is 5.82 Å². The molecule has 0 radical (unpaired) electrons. The lowest BCUT2D eigenvalue weighted by molar-refractivity contribution is 0.0938. The quantitative estimate of drug-likeness (QED) is 0.373. The zero-order valence-electron chi connectivity index (χ0n) is 18.2. The third kappa shape index (κ3) is 6.02. The molecule has 2 amide bonds. The van der Waals surface area contributed by atoms with Gasteiger partial charge in [-0.15, -0.1) is 10.2 Å². The zero-order chi connectivity index (χ0) is 23.9. The fourth-order valence-corrected chi connectivity index (χ4v) is 3.76. The van der Waals surface area contributed by atoms with Gasteiger partial charge >= 0.3 is 0 Å². The molecule has 0 fully saturated rings. The van der Waals surface area contributed by atoms with Gasteiger partial charge in [0.05, 0.1) is 6.04 Å². The van der Waals surface area contributed by atoms with Gasteiger partial charge in [0.1, 0.15) is 18.2 Å². The van der Waals surface area contributed by atoms with E-state index in [9.17, 15) is 14.0 Å². The fourth-order valence-electron chi connectivity index (χ4n) is 3.11. The Labute approximate surface area is 199 Å². The van der Waals surface area contributed by atoms with Crippen molar-refractivity contribution in [2.45, 2.75) is 19.6 Å². The molecule has 0 saturated carbocycles. The Morgan fingerprint density at radius 3 is 2.50 bits per heavy atom. The van der Waals surface area contributed by atoms with E-state index in [1.807, 2.05) is 37.3 Å². The van der Waals surface area contributed by atoms with Crippen molar-refractivity contribution in [3.8, 4) is 5.75 Å². The Bertz CT molecular complexity index is 1280. The van der Waals surface area contributed by atoms with Crippen LogP contribution in [0.3, 0.4) is 0 Å². The van der Waals surface area contributed by atoms with Gasteiger partial charge in [0.2, 0.25) is 5.01 Å². The van der Waals surface area contributed by atoms with Crippen LogP contribution in [0.15, 0.2) is 78.9 Å². The molecule has 0 aliphatic carbocycles. The van der Waals surface area contributed by atoms with E-state index >= 15 is 0 Å². The summed E-state index contributed by atoms with van der Waals surface area (Å²) in [4.78, 5) is 25.3. The number of ether oxygens (including phenoxy) is 1. The molecule has 4 rings (SSSR count). The van der Waals surface area contributed by atoms with E-state index in [-0.39, 0.29) is 29.4 Å². The Hall–Kier alpha value is -4.11. The van der Waals surface area contributed by atoms with Gasteiger partial charge in [0, 0.05) is 11.3 Å². The van der Waals surface area contributed by atoms with Crippen molar-refractivity contribution in [2.75, 3.05) is 5.32 Å². The van der Waals surface area contributed by atoms with Crippen molar-refractivity contribution in [3.63, 3.8) is 0 Å². The van der Waals surface area contributed by atoms with Gasteiger partial charge < -0.3 is 15.4 Å². The average molecular weight is 477 g/mol. The maximum Gasteiger partial charge on any atom is 0.286 e. The van der Waals surface area contributed by atoms with Crippen LogP contribution in [-0.4, -0.2) is 22.0 Å². The molecule has 34 heavy (non-hydrogen) atoms. The molecule has 7 nitrogen and oxygen atoms in total. The smallest absolute Gasteiger partial charge is 0.286 e. The van der Waals surface area contributed by atoms with Crippen LogP contribution in [-0.2, 0) is 6.61 Å². The van der Waals surface area contributed by atoms with Crippen molar-refractivity contribution < 1.29 is 18.7 Å². The highest BCUT2D eigenvalue weighted by Crippen LogP contribution is 2.18. The summed E-state index contributed by atoms with van der Waals surface area (Å²) in [5.41, 5.74) is 1.88. The molecule has 4 aromatic rings. The van der Waals surface area contributed by atoms with E-state index in [4.69, 9.17) is 4.74 Å². The van der Waals surface area contributed by atoms with Gasteiger partial charge in [-0.3, -0.25) is 9.59 Å². The van der Waals surface area contributed by atoms with Gasteiger partial charge in [0.15, 0.2) is 5.01 Å². The highest BCUT2D eigenvalue weighted by molar-refractivity contribution is 7.13. The first kappa shape index (κ1) is 23.1. The Morgan fingerprint density at radius 2 is 1.74 bits per heavy atom. The van der Waals surface area contributed by atoms with Crippen LogP contribution in [0.25, 0.3) is 0 Å². The molecule has 9 heteroatoms. The molecule has 2 N–H and O–H groups in total. The molecule has 1 aromatic heterocycles. The van der Waals surface area contributed by atoms with Crippen LogP contribution >= 0.6 is 11.3 Å². The number of nitrogens with zero attached hydrogens (tertiary/aromatic N) is 2. The van der Waals surface area contributed by atoms with Crippen molar-refractivity contribution in [2.24, 2.45) is 0 Å². The lowest BCUT2D eigenvalue weighted by Gasteiger charge is -2.14. The van der Waals surface area contributed by atoms with Gasteiger partial charge in [-0.2, -0.15) is 0 Å². The monoisotopic (exact) mass is 476 g/mol. The number of amides is 2. The molecule has 0 bridgehead atoms. The number of anilines is 1. The molecule has 0 saturated heterocycles. The third-order valence-corrected chi connectivity index (χ3v) is 5.76. The summed E-state index contributed by atoms with van der Waals surface area (Å²) in [7, 11) is 0. The van der Waals surface area contributed by atoms with Crippen LogP contribution in [0.2, 0.25) is 0 Å². The van der Waals surface area contributed by atoms with Gasteiger partial charge in [-0.25, -0.2) is 4.39 Å². The first-order chi connectivity index (χ1) is 16.5. The van der Waals surface area contributed by atoms with Crippen molar-refractivity contribution in [1.29, 1.82) is 0 Å². The van der Waals surface area contributed by atoms with E-state index in [2.05, 4.69) is 20.8 Å². The number of rotatable bonds is 8. The first-order valence-electron chi connectivity index (χ1n) is 10.5. The lowest BCUT2D eigenvalue weighted by Crippen LogP contribution is -2.26. The maximum absolute atomic E-state index is 13.0. The van der Waals surface area contributed by atoms with Crippen LogP contribution in [0.5, 0.6) is 5.75 Å². The Morgan fingerprint density at radius 1 is 0.971 bits per heavy atom. The molecule has 1 atom stereocenters. The molecule has 0 aliphatic heterocycles. The lowest BCUT2D eigenvalue weighted by atomic mass is 10.1. The van der Waals surface area contributed by atoms with E-state index in [0.717, 1.165) is 16.9 Å². The van der Waals surface area contributed by atoms with Crippen molar-refractivity contribution in [1.82, 2.24) is 15.5 Å². The minimum absolute atomic E-state index is 0.103. The summed E-state index contributed by atoms with van der Waals surface area (Å²) in [6.07, 6.45) is 0. The first-order valence-corrected chi connectivity index (χ1v) is 11.3. The van der Waals surface area contributed by atoms with Gasteiger partial charge in [-0.05, 0) is 55.0 Å². The molecular formula is C25H21FN4O3S. The normalized spacial score (nSPS) is 11.5. The van der Waals surface area contributed by atoms with Crippen molar-refractivity contribution >= 4 is 28.8 Å². The number of hydrogen-bond donors (Lipinski definition) is 2. The summed E-state index contributed by atoms with van der Waals surface area (Å²) >= 11 is 1.09. The summed E-state index contributed by atoms with van der Waals surface area (Å²) in [6, 6.07) is 21.8. The van der Waals surface area contributed by atoms with Crippen LogP contribution < -0.4 is 15.4 Å². The molecule has 172 valence electrons. The Kier molecular flexibility index (Phi) is 7.24. The van der Waals surface area contributed by atoms with Crippen molar-refractivity contribution in [3.05, 3.63) is 106 Å². The van der Waals surface area contributed by atoms with Crippen LogP contribution in [0.4, 0.5) is 10.1 Å². The molecular weight excluding hydrogens is 455 g/mol. The van der Waals surface area contributed by atoms with E-state index < -0.39 is 5.91 Å². The SMILES string of the molecule is CC(NC(=O)c1cccc(NC(=O)c2nnc(COc3ccc(F)cc3)s2)c1)c1ccccc1. The molecule has 0 aliphatic rings. The minimum Gasteiger partial charge on any atom is -0.486 e. The summed E-state index contributed by atoms with van der Waals surface area (Å²) in [5.74, 6) is -0.557. The molecule has 3 aromatic carbocycles. The number of aromatic nitrogens is 2. The largest absolute Gasteiger partial charge is 0.486 e. The second kappa shape index (κ2) is 10.7. The second-order valence-corrected chi connectivity index (χ2v) is 8.45. The zero-order valence-corrected chi connectivity index (χ0v) is 19.0. The highest BCUT2D eigenvalue weighted by atomic mass is 32.1. The molecule has 1 heterocycles. The Balaban J connectivity index is 1.35. The highest BCUT2D eigenvalue weighted by Gasteiger charge is 2.16. The number of benzene rings is 3. The minimum atomic E-state index is -0.444. The number of halogens is 1. The topological polar surface area (TPSA) is 93.2 Å². The summed E-state index contributed by atoms with van der Waals surface area (Å²) in [5, 5.41) is 14.2. The maximum atomic E-state index is 13.0. The second-order valence-electron chi connectivity index (χ2n) is 7.38. The van der Waals surface area contributed by atoms with Crippen LogP contribution in [0.1, 0.15) is 43.7 Å². The standard InChI is InChI=1S/C25H21FN4O3S/c1-16(17-6-3-2-4-7-17)27-23(31)18-8-5-9-20(14-18)28-24(32)25-30-29-22(34-25)15-33-21-12-10-19(26)11-13-21/h2-14,16H,15H2,1H3,(H,27,31)(H,28,32). The molecule has 0 spiro atoms. The third-order valence-electron chi connectivity index (χ3n) is 4.87. The molecule has 1 unspecified atom stereocenters.